The predicted molar refractivity (Wildman–Crippen MR) is 94.5 cm³/mol. The van der Waals surface area contributed by atoms with Crippen molar-refractivity contribution in [2.75, 3.05) is 33.4 Å². The topological polar surface area (TPSA) is 87.3 Å². The number of carbonyl (C=O) groups excluding carboxylic acids is 1. The van der Waals surface area contributed by atoms with Crippen LogP contribution < -0.4 is 34.3 Å². The number of ether oxygens (including phenoxy) is 5. The summed E-state index contributed by atoms with van der Waals surface area (Å²) in [7, 11) is 4.62. The molecule has 1 aliphatic rings. The molecule has 2 amide bonds. The molecule has 0 fully saturated rings. The Hall–Kier alpha value is -3.29. The average Bonchev–Trinajstić information content (AvgIpc) is 3.13. The molecule has 138 valence electrons. The van der Waals surface area contributed by atoms with E-state index in [1.807, 2.05) is 0 Å². The molecule has 0 aromatic heterocycles. The number of rotatable bonds is 6. The maximum Gasteiger partial charge on any atom is 0.319 e. The van der Waals surface area contributed by atoms with Crippen molar-refractivity contribution in [3.8, 4) is 28.7 Å². The Kier molecular flexibility index (Phi) is 5.21. The Morgan fingerprint density at radius 2 is 1.77 bits per heavy atom. The summed E-state index contributed by atoms with van der Waals surface area (Å²) in [6.45, 7) is 0.435. The lowest BCUT2D eigenvalue weighted by atomic mass is 10.1. The van der Waals surface area contributed by atoms with Gasteiger partial charge in [0.25, 0.3) is 0 Å². The lowest BCUT2D eigenvalue weighted by Crippen LogP contribution is -2.28. The van der Waals surface area contributed by atoms with E-state index < -0.39 is 0 Å². The van der Waals surface area contributed by atoms with Gasteiger partial charge in [0.2, 0.25) is 12.5 Å². The molecule has 26 heavy (non-hydrogen) atoms. The quantitative estimate of drug-likeness (QED) is 0.824. The van der Waals surface area contributed by atoms with E-state index in [4.69, 9.17) is 23.7 Å². The van der Waals surface area contributed by atoms with Crippen molar-refractivity contribution in [3.63, 3.8) is 0 Å². The number of benzene rings is 2. The summed E-state index contributed by atoms with van der Waals surface area (Å²) in [5.41, 5.74) is 1.36. The summed E-state index contributed by atoms with van der Waals surface area (Å²) >= 11 is 0. The lowest BCUT2D eigenvalue weighted by Gasteiger charge is -2.16. The largest absolute Gasteiger partial charge is 0.493 e. The van der Waals surface area contributed by atoms with E-state index in [0.29, 0.717) is 34.4 Å². The maximum atomic E-state index is 12.2. The van der Waals surface area contributed by atoms with Crippen molar-refractivity contribution in [1.29, 1.82) is 0 Å². The Bertz CT molecular complexity index is 809. The van der Waals surface area contributed by atoms with Gasteiger partial charge in [-0.3, -0.25) is 0 Å². The SMILES string of the molecule is COc1ccc(CNC(=O)Nc2ccc3c(c2)OCO3)c(OC)c1OC. The third-order valence-electron chi connectivity index (χ3n) is 3.86. The second kappa shape index (κ2) is 7.73. The van der Waals surface area contributed by atoms with Crippen molar-refractivity contribution in [2.45, 2.75) is 6.54 Å². The molecule has 0 saturated carbocycles. The van der Waals surface area contributed by atoms with Crippen LogP contribution >= 0.6 is 0 Å². The molecule has 0 radical (unpaired) electrons. The number of hydrogen-bond acceptors (Lipinski definition) is 6. The highest BCUT2D eigenvalue weighted by molar-refractivity contribution is 5.89. The van der Waals surface area contributed by atoms with Crippen molar-refractivity contribution in [2.24, 2.45) is 0 Å². The van der Waals surface area contributed by atoms with Gasteiger partial charge in [-0.1, -0.05) is 0 Å². The number of urea groups is 1. The first kappa shape index (κ1) is 17.5. The highest BCUT2D eigenvalue weighted by Gasteiger charge is 2.17. The number of anilines is 1. The molecule has 8 nitrogen and oxygen atoms in total. The van der Waals surface area contributed by atoms with Crippen molar-refractivity contribution >= 4 is 11.7 Å². The molecule has 0 saturated heterocycles. The van der Waals surface area contributed by atoms with Crippen LogP contribution in [-0.4, -0.2) is 34.2 Å². The van der Waals surface area contributed by atoms with E-state index in [0.717, 1.165) is 5.56 Å². The molecular weight excluding hydrogens is 340 g/mol. The van der Waals surface area contributed by atoms with Crippen LogP contribution in [0.15, 0.2) is 30.3 Å². The van der Waals surface area contributed by atoms with E-state index >= 15 is 0 Å². The molecule has 0 unspecified atom stereocenters. The highest BCUT2D eigenvalue weighted by Crippen LogP contribution is 2.39. The van der Waals surface area contributed by atoms with Crippen LogP contribution in [0.1, 0.15) is 5.56 Å². The summed E-state index contributed by atoms with van der Waals surface area (Å²) in [6, 6.07) is 8.40. The van der Waals surface area contributed by atoms with E-state index in [1.54, 1.807) is 37.4 Å². The fourth-order valence-corrected chi connectivity index (χ4v) is 2.63. The molecular formula is C18H20N2O6. The minimum Gasteiger partial charge on any atom is -0.493 e. The monoisotopic (exact) mass is 360 g/mol. The van der Waals surface area contributed by atoms with E-state index in [1.165, 1.54) is 14.2 Å². The summed E-state index contributed by atoms with van der Waals surface area (Å²) in [6.07, 6.45) is 0. The van der Waals surface area contributed by atoms with Crippen molar-refractivity contribution < 1.29 is 28.5 Å². The molecule has 0 spiro atoms. The molecule has 3 rings (SSSR count). The Labute approximate surface area is 151 Å². The molecule has 2 aromatic rings. The Morgan fingerprint density at radius 3 is 2.50 bits per heavy atom. The lowest BCUT2D eigenvalue weighted by molar-refractivity contribution is 0.174. The van der Waals surface area contributed by atoms with E-state index in [9.17, 15) is 4.79 Å². The Morgan fingerprint density at radius 1 is 1.00 bits per heavy atom. The number of amides is 2. The van der Waals surface area contributed by atoms with Gasteiger partial charge in [-0.2, -0.15) is 0 Å². The number of hydrogen-bond donors (Lipinski definition) is 2. The first-order valence-electron chi connectivity index (χ1n) is 7.88. The molecule has 0 atom stereocenters. The first-order valence-corrected chi connectivity index (χ1v) is 7.88. The van der Waals surface area contributed by atoms with Crippen LogP contribution in [-0.2, 0) is 6.54 Å². The summed E-state index contributed by atoms with van der Waals surface area (Å²) in [5.74, 6) is 2.80. The van der Waals surface area contributed by atoms with Crippen molar-refractivity contribution in [3.05, 3.63) is 35.9 Å². The fraction of sp³-hybridized carbons (Fsp3) is 0.278. The zero-order valence-corrected chi connectivity index (χ0v) is 14.8. The number of fused-ring (bicyclic) bond motifs is 1. The van der Waals surface area contributed by atoms with Gasteiger partial charge in [0, 0.05) is 23.9 Å². The number of carbonyl (C=O) groups is 1. The molecule has 2 aromatic carbocycles. The minimum absolute atomic E-state index is 0.185. The third-order valence-corrected chi connectivity index (χ3v) is 3.86. The van der Waals surface area contributed by atoms with Crippen LogP contribution in [0.4, 0.5) is 10.5 Å². The average molecular weight is 360 g/mol. The second-order valence-corrected chi connectivity index (χ2v) is 5.37. The van der Waals surface area contributed by atoms with E-state index in [-0.39, 0.29) is 19.4 Å². The van der Waals surface area contributed by atoms with Crippen LogP contribution in [0, 0.1) is 0 Å². The summed E-state index contributed by atoms with van der Waals surface area (Å²) in [5, 5.41) is 5.53. The van der Waals surface area contributed by atoms with Gasteiger partial charge in [-0.15, -0.1) is 0 Å². The highest BCUT2D eigenvalue weighted by atomic mass is 16.7. The minimum atomic E-state index is -0.360. The smallest absolute Gasteiger partial charge is 0.319 e. The maximum absolute atomic E-state index is 12.2. The van der Waals surface area contributed by atoms with Gasteiger partial charge in [0.1, 0.15) is 0 Å². The van der Waals surface area contributed by atoms with Gasteiger partial charge < -0.3 is 34.3 Å². The zero-order valence-electron chi connectivity index (χ0n) is 14.8. The van der Waals surface area contributed by atoms with Crippen LogP contribution in [0.25, 0.3) is 0 Å². The van der Waals surface area contributed by atoms with Gasteiger partial charge in [-0.05, 0) is 24.3 Å². The van der Waals surface area contributed by atoms with Gasteiger partial charge in [0.15, 0.2) is 23.0 Å². The van der Waals surface area contributed by atoms with E-state index in [2.05, 4.69) is 10.6 Å². The fourth-order valence-electron chi connectivity index (χ4n) is 2.63. The molecule has 1 aliphatic heterocycles. The molecule has 8 heteroatoms. The predicted octanol–water partition coefficient (Wildman–Crippen LogP) is 2.76. The third kappa shape index (κ3) is 3.53. The molecule has 0 aliphatic carbocycles. The van der Waals surface area contributed by atoms with Gasteiger partial charge >= 0.3 is 6.03 Å². The first-order chi connectivity index (χ1) is 12.7. The molecule has 2 N–H and O–H groups in total. The molecule has 1 heterocycles. The number of nitrogens with one attached hydrogen (secondary N) is 2. The standard InChI is InChI=1S/C18H20N2O6/c1-22-14-6-4-11(16(23-2)17(14)24-3)9-19-18(21)20-12-5-7-13-15(8-12)26-10-25-13/h4-8H,9-10H2,1-3H3,(H2,19,20,21). The summed E-state index contributed by atoms with van der Waals surface area (Å²) in [4.78, 5) is 12.2. The zero-order chi connectivity index (χ0) is 18.5. The van der Waals surface area contributed by atoms with Crippen LogP contribution in [0.5, 0.6) is 28.7 Å². The normalized spacial score (nSPS) is 11.7. The second-order valence-electron chi connectivity index (χ2n) is 5.37. The Balaban J connectivity index is 1.66. The molecule has 0 bridgehead atoms. The van der Waals surface area contributed by atoms with Crippen LogP contribution in [0.3, 0.4) is 0 Å². The van der Waals surface area contributed by atoms with Gasteiger partial charge in [-0.25, -0.2) is 4.79 Å². The summed E-state index contributed by atoms with van der Waals surface area (Å²) < 4.78 is 26.5. The van der Waals surface area contributed by atoms with Crippen LogP contribution in [0.2, 0.25) is 0 Å². The van der Waals surface area contributed by atoms with Crippen molar-refractivity contribution in [1.82, 2.24) is 5.32 Å². The van der Waals surface area contributed by atoms with Gasteiger partial charge in [0.05, 0.1) is 21.3 Å². The number of methoxy groups -OCH3 is 3.